The maximum Gasteiger partial charge on any atom is 0.239 e. The van der Waals surface area contributed by atoms with Crippen LogP contribution in [-0.4, -0.2) is 40.0 Å². The molecule has 1 aliphatic heterocycles. The first-order chi connectivity index (χ1) is 8.66. The maximum atomic E-state index is 12.0. The van der Waals surface area contributed by atoms with Gasteiger partial charge in [0.2, 0.25) is 5.91 Å². The highest BCUT2D eigenvalue weighted by Gasteiger charge is 2.22. The molecule has 2 rings (SSSR count). The second-order valence-corrected chi connectivity index (χ2v) is 4.64. The molecule has 1 aromatic rings. The SMILES string of the molecule is CC(NCc1ccc(O)cn1)C(=O)N1CCCC1. The molecule has 2 N–H and O–H groups in total. The van der Waals surface area contributed by atoms with Gasteiger partial charge in [0.05, 0.1) is 17.9 Å². The van der Waals surface area contributed by atoms with Crippen molar-refractivity contribution in [2.24, 2.45) is 0 Å². The zero-order valence-electron chi connectivity index (χ0n) is 10.6. The summed E-state index contributed by atoms with van der Waals surface area (Å²) in [6, 6.07) is 3.14. The lowest BCUT2D eigenvalue weighted by atomic mass is 10.2. The van der Waals surface area contributed by atoms with E-state index in [0.717, 1.165) is 31.6 Å². The molecular weight excluding hydrogens is 230 g/mol. The molecule has 1 unspecified atom stereocenters. The summed E-state index contributed by atoms with van der Waals surface area (Å²) in [5.41, 5.74) is 0.814. The quantitative estimate of drug-likeness (QED) is 0.831. The lowest BCUT2D eigenvalue weighted by Gasteiger charge is -2.21. The van der Waals surface area contributed by atoms with Crippen molar-refractivity contribution in [2.45, 2.75) is 32.4 Å². The number of amides is 1. The Hall–Kier alpha value is -1.62. The number of hydrogen-bond donors (Lipinski definition) is 2. The summed E-state index contributed by atoms with van der Waals surface area (Å²) in [5.74, 6) is 0.311. The highest BCUT2D eigenvalue weighted by molar-refractivity contribution is 5.81. The fraction of sp³-hybridized carbons (Fsp3) is 0.538. The summed E-state index contributed by atoms with van der Waals surface area (Å²) in [4.78, 5) is 18.0. The van der Waals surface area contributed by atoms with Gasteiger partial charge in [-0.05, 0) is 31.9 Å². The number of nitrogens with zero attached hydrogens (tertiary/aromatic N) is 2. The fourth-order valence-corrected chi connectivity index (χ4v) is 2.08. The van der Waals surface area contributed by atoms with Gasteiger partial charge in [0.25, 0.3) is 0 Å². The van der Waals surface area contributed by atoms with Crippen molar-refractivity contribution >= 4 is 5.91 Å². The maximum absolute atomic E-state index is 12.0. The Labute approximate surface area is 107 Å². The Balaban J connectivity index is 1.82. The molecule has 18 heavy (non-hydrogen) atoms. The van der Waals surface area contributed by atoms with Crippen molar-refractivity contribution in [1.82, 2.24) is 15.2 Å². The van der Waals surface area contributed by atoms with Gasteiger partial charge in [-0.25, -0.2) is 0 Å². The van der Waals surface area contributed by atoms with Crippen molar-refractivity contribution in [3.63, 3.8) is 0 Å². The first kappa shape index (κ1) is 12.8. The number of hydrogen-bond acceptors (Lipinski definition) is 4. The Morgan fingerprint density at radius 1 is 1.50 bits per heavy atom. The third-order valence-corrected chi connectivity index (χ3v) is 3.19. The Kier molecular flexibility index (Phi) is 4.15. The minimum Gasteiger partial charge on any atom is -0.506 e. The van der Waals surface area contributed by atoms with Crippen molar-refractivity contribution in [1.29, 1.82) is 0 Å². The summed E-state index contributed by atoms with van der Waals surface area (Å²) >= 11 is 0. The molecule has 0 aliphatic carbocycles. The fourth-order valence-electron chi connectivity index (χ4n) is 2.08. The number of nitrogens with one attached hydrogen (secondary N) is 1. The van der Waals surface area contributed by atoms with Crippen LogP contribution in [0.25, 0.3) is 0 Å². The molecule has 5 heteroatoms. The second-order valence-electron chi connectivity index (χ2n) is 4.64. The average Bonchev–Trinajstić information content (AvgIpc) is 2.90. The van der Waals surface area contributed by atoms with E-state index in [0.29, 0.717) is 6.54 Å². The molecule has 1 atom stereocenters. The third-order valence-electron chi connectivity index (χ3n) is 3.19. The molecule has 0 aromatic carbocycles. The van der Waals surface area contributed by atoms with E-state index < -0.39 is 0 Å². The monoisotopic (exact) mass is 249 g/mol. The van der Waals surface area contributed by atoms with Gasteiger partial charge >= 0.3 is 0 Å². The zero-order valence-corrected chi connectivity index (χ0v) is 10.6. The van der Waals surface area contributed by atoms with Crippen LogP contribution in [0, 0.1) is 0 Å². The van der Waals surface area contributed by atoms with Crippen LogP contribution >= 0.6 is 0 Å². The van der Waals surface area contributed by atoms with E-state index in [-0.39, 0.29) is 17.7 Å². The van der Waals surface area contributed by atoms with Gasteiger partial charge in [-0.15, -0.1) is 0 Å². The molecule has 5 nitrogen and oxygen atoms in total. The van der Waals surface area contributed by atoms with Crippen LogP contribution in [0.2, 0.25) is 0 Å². The molecule has 2 heterocycles. The van der Waals surface area contributed by atoms with E-state index in [1.54, 1.807) is 12.1 Å². The number of carbonyl (C=O) groups is 1. The highest BCUT2D eigenvalue weighted by atomic mass is 16.3. The number of aromatic hydroxyl groups is 1. The molecule has 1 aromatic heterocycles. The Morgan fingerprint density at radius 3 is 2.83 bits per heavy atom. The minimum atomic E-state index is -0.196. The van der Waals surface area contributed by atoms with Crippen LogP contribution in [0.3, 0.4) is 0 Å². The summed E-state index contributed by atoms with van der Waals surface area (Å²) in [6.07, 6.45) is 3.62. The predicted molar refractivity (Wildman–Crippen MR) is 68.0 cm³/mol. The summed E-state index contributed by atoms with van der Waals surface area (Å²) in [5, 5.41) is 12.3. The van der Waals surface area contributed by atoms with Crippen molar-refractivity contribution in [3.8, 4) is 5.75 Å². The van der Waals surface area contributed by atoms with E-state index >= 15 is 0 Å². The molecule has 98 valence electrons. The number of aromatic nitrogens is 1. The Bertz CT molecular complexity index is 399. The molecule has 0 bridgehead atoms. The van der Waals surface area contributed by atoms with Gasteiger partial charge in [0, 0.05) is 19.6 Å². The minimum absolute atomic E-state index is 0.153. The van der Waals surface area contributed by atoms with Crippen LogP contribution in [0.15, 0.2) is 18.3 Å². The van der Waals surface area contributed by atoms with Crippen LogP contribution in [0.1, 0.15) is 25.5 Å². The first-order valence-electron chi connectivity index (χ1n) is 6.33. The lowest BCUT2D eigenvalue weighted by molar-refractivity contribution is -0.131. The van der Waals surface area contributed by atoms with E-state index in [1.807, 2.05) is 11.8 Å². The van der Waals surface area contributed by atoms with E-state index in [1.165, 1.54) is 6.20 Å². The topological polar surface area (TPSA) is 65.5 Å². The van der Waals surface area contributed by atoms with Crippen molar-refractivity contribution < 1.29 is 9.90 Å². The molecule has 1 aliphatic rings. The van der Waals surface area contributed by atoms with Gasteiger partial charge in [0.1, 0.15) is 5.75 Å². The average molecular weight is 249 g/mol. The zero-order chi connectivity index (χ0) is 13.0. The van der Waals surface area contributed by atoms with E-state index in [2.05, 4.69) is 10.3 Å². The molecule has 1 saturated heterocycles. The van der Waals surface area contributed by atoms with Crippen LogP contribution in [0.4, 0.5) is 0 Å². The normalized spacial score (nSPS) is 16.8. The van der Waals surface area contributed by atoms with Gasteiger partial charge < -0.3 is 15.3 Å². The van der Waals surface area contributed by atoms with Gasteiger partial charge in [-0.2, -0.15) is 0 Å². The van der Waals surface area contributed by atoms with Crippen LogP contribution in [-0.2, 0) is 11.3 Å². The highest BCUT2D eigenvalue weighted by Crippen LogP contribution is 2.09. The van der Waals surface area contributed by atoms with Gasteiger partial charge in [0.15, 0.2) is 0 Å². The molecule has 0 radical (unpaired) electrons. The second kappa shape index (κ2) is 5.82. The Morgan fingerprint density at radius 2 is 2.22 bits per heavy atom. The number of rotatable bonds is 4. The van der Waals surface area contributed by atoms with Gasteiger partial charge in [-0.3, -0.25) is 9.78 Å². The first-order valence-corrected chi connectivity index (χ1v) is 6.33. The molecule has 1 amide bonds. The van der Waals surface area contributed by atoms with Crippen LogP contribution < -0.4 is 5.32 Å². The van der Waals surface area contributed by atoms with E-state index in [4.69, 9.17) is 5.11 Å². The molecule has 1 fully saturated rings. The van der Waals surface area contributed by atoms with E-state index in [9.17, 15) is 4.79 Å². The molecular formula is C13H19N3O2. The van der Waals surface area contributed by atoms with Crippen molar-refractivity contribution in [2.75, 3.05) is 13.1 Å². The predicted octanol–water partition coefficient (Wildman–Crippen LogP) is 0.888. The number of carbonyl (C=O) groups excluding carboxylic acids is 1. The standard InChI is InChI=1S/C13H19N3O2/c1-10(13(18)16-6-2-3-7-16)14-8-11-4-5-12(17)9-15-11/h4-5,9-10,14,17H,2-3,6-8H2,1H3. The smallest absolute Gasteiger partial charge is 0.239 e. The van der Waals surface area contributed by atoms with Crippen molar-refractivity contribution in [3.05, 3.63) is 24.0 Å². The lowest BCUT2D eigenvalue weighted by Crippen LogP contribution is -2.43. The van der Waals surface area contributed by atoms with Crippen LogP contribution in [0.5, 0.6) is 5.75 Å². The number of likely N-dealkylation sites (tertiary alicyclic amines) is 1. The summed E-state index contributed by atoms with van der Waals surface area (Å²) in [6.45, 7) is 4.16. The largest absolute Gasteiger partial charge is 0.506 e. The summed E-state index contributed by atoms with van der Waals surface area (Å²) < 4.78 is 0. The number of pyridine rings is 1. The molecule has 0 spiro atoms. The summed E-state index contributed by atoms with van der Waals surface area (Å²) in [7, 11) is 0. The third kappa shape index (κ3) is 3.20. The molecule has 0 saturated carbocycles. The van der Waals surface area contributed by atoms with Gasteiger partial charge in [-0.1, -0.05) is 0 Å².